The summed E-state index contributed by atoms with van der Waals surface area (Å²) in [5.74, 6) is 0.730. The molecule has 0 spiro atoms. The van der Waals surface area contributed by atoms with Gasteiger partial charge in [0.05, 0.1) is 10.6 Å². The summed E-state index contributed by atoms with van der Waals surface area (Å²) < 4.78 is 0. The maximum atomic E-state index is 10.8. The van der Waals surface area contributed by atoms with Crippen LogP contribution in [0.25, 0.3) is 0 Å². The first-order valence-corrected chi connectivity index (χ1v) is 7.88. The molecule has 1 atom stereocenters. The Balaban J connectivity index is 1.73. The van der Waals surface area contributed by atoms with Gasteiger partial charge < -0.3 is 0 Å². The van der Waals surface area contributed by atoms with Gasteiger partial charge in [-0.05, 0) is 42.5 Å². The number of amidine groups is 1. The number of nitrogens with zero attached hydrogens (tertiary/aromatic N) is 5. The molecule has 0 saturated carbocycles. The molecule has 0 saturated heterocycles. The highest BCUT2D eigenvalue weighted by molar-refractivity contribution is 6.30. The van der Waals surface area contributed by atoms with Crippen molar-refractivity contribution in [2.45, 2.75) is 6.29 Å². The molecular formula is C17H12ClN5O2. The van der Waals surface area contributed by atoms with Gasteiger partial charge in [0.2, 0.25) is 6.29 Å². The van der Waals surface area contributed by atoms with E-state index in [4.69, 9.17) is 11.6 Å². The van der Waals surface area contributed by atoms with Crippen molar-refractivity contribution in [3.8, 4) is 0 Å². The lowest BCUT2D eigenvalue weighted by Crippen LogP contribution is -2.39. The van der Waals surface area contributed by atoms with Crippen LogP contribution < -0.4 is 5.01 Å². The molecule has 0 radical (unpaired) electrons. The number of hydrazone groups is 1. The molecule has 2 aromatic rings. The average molecular weight is 354 g/mol. The first kappa shape index (κ1) is 15.3. The van der Waals surface area contributed by atoms with E-state index in [2.05, 4.69) is 10.1 Å². The number of hydrogen-bond donors (Lipinski definition) is 0. The molecule has 0 amide bonds. The fourth-order valence-electron chi connectivity index (χ4n) is 2.70. The number of non-ortho nitro benzene ring substituents is 1. The Bertz CT molecular complexity index is 906. The van der Waals surface area contributed by atoms with Gasteiger partial charge in [0, 0.05) is 35.1 Å². The topological polar surface area (TPSA) is 74.3 Å². The molecule has 124 valence electrons. The molecule has 7 nitrogen and oxygen atoms in total. The Morgan fingerprint density at radius 1 is 1.08 bits per heavy atom. The third-order valence-corrected chi connectivity index (χ3v) is 4.15. The fraction of sp³-hybridized carbons (Fsp3) is 0.0588. The van der Waals surface area contributed by atoms with Crippen LogP contribution in [0.3, 0.4) is 0 Å². The van der Waals surface area contributed by atoms with Crippen molar-refractivity contribution in [3.63, 3.8) is 0 Å². The number of anilines is 1. The molecule has 0 aromatic heterocycles. The number of rotatable bonds is 3. The highest BCUT2D eigenvalue weighted by atomic mass is 35.5. The molecule has 0 N–H and O–H groups in total. The number of nitro groups is 1. The first-order valence-electron chi connectivity index (χ1n) is 7.50. The van der Waals surface area contributed by atoms with E-state index in [1.165, 1.54) is 12.1 Å². The Labute approximate surface area is 148 Å². The van der Waals surface area contributed by atoms with Crippen LogP contribution in [-0.2, 0) is 0 Å². The lowest BCUT2D eigenvalue weighted by atomic mass is 10.2. The van der Waals surface area contributed by atoms with Crippen molar-refractivity contribution < 1.29 is 4.92 Å². The van der Waals surface area contributed by atoms with E-state index in [0.29, 0.717) is 5.02 Å². The Morgan fingerprint density at radius 2 is 1.80 bits per heavy atom. The van der Waals surface area contributed by atoms with Gasteiger partial charge >= 0.3 is 0 Å². The van der Waals surface area contributed by atoms with Gasteiger partial charge in [0.25, 0.3) is 5.69 Å². The van der Waals surface area contributed by atoms with Crippen LogP contribution in [0, 0.1) is 10.1 Å². The summed E-state index contributed by atoms with van der Waals surface area (Å²) in [5.41, 5.74) is 1.66. The van der Waals surface area contributed by atoms with E-state index in [-0.39, 0.29) is 12.0 Å². The van der Waals surface area contributed by atoms with Crippen molar-refractivity contribution >= 4 is 35.0 Å². The number of hydrogen-bond acceptors (Lipinski definition) is 6. The summed E-state index contributed by atoms with van der Waals surface area (Å²) in [5, 5.41) is 17.9. The zero-order valence-corrected chi connectivity index (χ0v) is 13.6. The lowest BCUT2D eigenvalue weighted by molar-refractivity contribution is -0.384. The highest BCUT2D eigenvalue weighted by Gasteiger charge is 2.35. The number of aliphatic imine (C=N–C) groups is 1. The molecule has 0 aliphatic carbocycles. The number of allylic oxidation sites excluding steroid dienone is 1. The van der Waals surface area contributed by atoms with E-state index in [0.717, 1.165) is 17.1 Å². The predicted octanol–water partition coefficient (Wildman–Crippen LogP) is 3.61. The summed E-state index contributed by atoms with van der Waals surface area (Å²) in [6.45, 7) is 0. The quantitative estimate of drug-likeness (QED) is 0.624. The van der Waals surface area contributed by atoms with E-state index in [9.17, 15) is 10.1 Å². The summed E-state index contributed by atoms with van der Waals surface area (Å²) in [6.07, 6.45) is 5.08. The van der Waals surface area contributed by atoms with Crippen LogP contribution in [0.2, 0.25) is 5.02 Å². The zero-order valence-electron chi connectivity index (χ0n) is 12.9. The fourth-order valence-corrected chi connectivity index (χ4v) is 2.82. The smallest absolute Gasteiger partial charge is 0.269 e. The SMILES string of the molecule is O=[N+]([O-])c1ccc(N2N=C(c3ccc(Cl)cc3)N3C=CC=NC32)cc1. The standard InChI is InChI=1S/C17H12ClN5O2/c18-13-4-2-12(3-5-13)16-20-22(17-19-10-1-11-21(16)17)14-6-8-15(9-7-14)23(24)25/h1-11,17H. The van der Waals surface area contributed by atoms with Crippen molar-refractivity contribution in [1.29, 1.82) is 0 Å². The molecule has 2 aromatic carbocycles. The molecular weight excluding hydrogens is 342 g/mol. The summed E-state index contributed by atoms with van der Waals surface area (Å²) in [6, 6.07) is 13.6. The molecule has 8 heteroatoms. The van der Waals surface area contributed by atoms with E-state index >= 15 is 0 Å². The van der Waals surface area contributed by atoms with Crippen molar-refractivity contribution in [2.24, 2.45) is 10.1 Å². The second kappa shape index (κ2) is 6.03. The van der Waals surface area contributed by atoms with Gasteiger partial charge in [-0.25, -0.2) is 10.0 Å². The van der Waals surface area contributed by atoms with Crippen LogP contribution in [0.5, 0.6) is 0 Å². The largest absolute Gasteiger partial charge is 0.289 e. The van der Waals surface area contributed by atoms with Crippen LogP contribution >= 0.6 is 11.6 Å². The molecule has 0 bridgehead atoms. The van der Waals surface area contributed by atoms with Crippen molar-refractivity contribution in [3.05, 3.63) is 81.5 Å². The monoisotopic (exact) mass is 353 g/mol. The summed E-state index contributed by atoms with van der Waals surface area (Å²) in [7, 11) is 0. The summed E-state index contributed by atoms with van der Waals surface area (Å²) >= 11 is 5.96. The Morgan fingerprint density at radius 3 is 2.48 bits per heavy atom. The van der Waals surface area contributed by atoms with Gasteiger partial charge in [-0.3, -0.25) is 15.0 Å². The third-order valence-electron chi connectivity index (χ3n) is 3.89. The molecule has 2 aliphatic heterocycles. The van der Waals surface area contributed by atoms with E-state index < -0.39 is 4.92 Å². The second-order valence-corrected chi connectivity index (χ2v) is 5.88. The van der Waals surface area contributed by atoms with E-state index in [1.54, 1.807) is 35.5 Å². The Kier molecular flexibility index (Phi) is 3.70. The maximum absolute atomic E-state index is 10.8. The molecule has 4 rings (SSSR count). The third kappa shape index (κ3) is 2.74. The molecule has 1 unspecified atom stereocenters. The average Bonchev–Trinajstić information content (AvgIpc) is 3.02. The minimum Gasteiger partial charge on any atom is -0.289 e. The van der Waals surface area contributed by atoms with Gasteiger partial charge in [0.1, 0.15) is 0 Å². The highest BCUT2D eigenvalue weighted by Crippen LogP contribution is 2.30. The number of halogens is 1. The maximum Gasteiger partial charge on any atom is 0.269 e. The van der Waals surface area contributed by atoms with Crippen molar-refractivity contribution in [1.82, 2.24) is 4.90 Å². The van der Waals surface area contributed by atoms with Crippen LogP contribution in [0.1, 0.15) is 5.56 Å². The minimum atomic E-state index is -0.427. The molecule has 2 heterocycles. The number of benzene rings is 2. The van der Waals surface area contributed by atoms with Crippen LogP contribution in [-0.4, -0.2) is 28.2 Å². The van der Waals surface area contributed by atoms with Crippen molar-refractivity contribution in [2.75, 3.05) is 5.01 Å². The van der Waals surface area contributed by atoms with Gasteiger partial charge in [-0.15, -0.1) is 5.10 Å². The van der Waals surface area contributed by atoms with Gasteiger partial charge in [0.15, 0.2) is 5.84 Å². The first-order chi connectivity index (χ1) is 12.1. The molecule has 25 heavy (non-hydrogen) atoms. The number of fused-ring (bicyclic) bond motifs is 1. The summed E-state index contributed by atoms with van der Waals surface area (Å²) in [4.78, 5) is 16.8. The molecule has 0 fully saturated rings. The minimum absolute atomic E-state index is 0.0359. The zero-order chi connectivity index (χ0) is 17.4. The predicted molar refractivity (Wildman–Crippen MR) is 96.8 cm³/mol. The second-order valence-electron chi connectivity index (χ2n) is 5.44. The number of nitro benzene ring substituents is 1. The van der Waals surface area contributed by atoms with Gasteiger partial charge in [-0.1, -0.05) is 11.6 Å². The lowest BCUT2D eigenvalue weighted by Gasteiger charge is -2.27. The Hall–Kier alpha value is -3.19. The van der Waals surface area contributed by atoms with Gasteiger partial charge in [-0.2, -0.15) is 0 Å². The van der Waals surface area contributed by atoms with Crippen LogP contribution in [0.4, 0.5) is 11.4 Å². The molecule has 2 aliphatic rings. The normalized spacial score (nSPS) is 18.3. The van der Waals surface area contributed by atoms with Crippen LogP contribution in [0.15, 0.2) is 70.9 Å². The van der Waals surface area contributed by atoms with E-state index in [1.807, 2.05) is 29.3 Å².